The monoisotopic (exact) mass is 236 g/mol. The molecule has 15 heavy (non-hydrogen) atoms. The van der Waals surface area contributed by atoms with Crippen molar-refractivity contribution in [2.75, 3.05) is 6.61 Å². The van der Waals surface area contributed by atoms with Crippen LogP contribution in [0.2, 0.25) is 0 Å². The zero-order chi connectivity index (χ0) is 11.6. The molecule has 0 aromatic carbocycles. The van der Waals surface area contributed by atoms with Gasteiger partial charge in [0.25, 0.3) is 10.5 Å². The first-order valence-corrected chi connectivity index (χ1v) is 5.19. The molecule has 0 bridgehead atoms. The Balaban J connectivity index is -0.000000208. The van der Waals surface area contributed by atoms with Crippen LogP contribution in [0.25, 0.3) is 0 Å². The molecule has 0 radical (unpaired) electrons. The summed E-state index contributed by atoms with van der Waals surface area (Å²) in [6.45, 7) is 8.06. The molecule has 0 aliphatic heterocycles. The van der Waals surface area contributed by atoms with Crippen molar-refractivity contribution in [3.8, 4) is 0 Å². The van der Waals surface area contributed by atoms with Crippen molar-refractivity contribution in [2.45, 2.75) is 26.6 Å². The van der Waals surface area contributed by atoms with Crippen molar-refractivity contribution in [2.24, 2.45) is 0 Å². The van der Waals surface area contributed by atoms with Gasteiger partial charge in [-0.05, 0) is 6.92 Å². The van der Waals surface area contributed by atoms with Crippen LogP contribution in [0.15, 0.2) is 12.8 Å². The molecule has 0 spiro atoms. The fraction of sp³-hybridized carbons (Fsp3) is 0.714. The number of halogens is 1. The Morgan fingerprint density at radius 1 is 1.53 bits per heavy atom. The maximum absolute atomic E-state index is 10.1. The third-order valence-corrected chi connectivity index (χ3v) is 0.934. The molecule has 5 nitrogen and oxygen atoms in total. The van der Waals surface area contributed by atoms with Crippen LogP contribution >= 0.6 is 0 Å². The van der Waals surface area contributed by atoms with Crippen molar-refractivity contribution in [1.82, 2.24) is 0 Å². The van der Waals surface area contributed by atoms with Crippen molar-refractivity contribution in [1.29, 1.82) is 0 Å². The van der Waals surface area contributed by atoms with Gasteiger partial charge >= 0.3 is 18.9 Å². The van der Waals surface area contributed by atoms with Crippen molar-refractivity contribution in [3.05, 3.63) is 12.8 Å². The van der Waals surface area contributed by atoms with Gasteiger partial charge in [-0.3, -0.25) is 0 Å². The average Bonchev–Trinajstić information content (AvgIpc) is 2.01. The van der Waals surface area contributed by atoms with Crippen LogP contribution in [0.1, 0.15) is 20.3 Å². The zero-order valence-electron chi connectivity index (χ0n) is 9.10. The van der Waals surface area contributed by atoms with Crippen LogP contribution < -0.4 is 18.9 Å². The average molecular weight is 236 g/mol. The second-order valence-corrected chi connectivity index (χ2v) is 2.78. The molecule has 0 aliphatic carbocycles. The van der Waals surface area contributed by atoms with E-state index in [1.807, 2.05) is 13.8 Å². The summed E-state index contributed by atoms with van der Waals surface area (Å²) in [6.07, 6.45) is 2.16. The second-order valence-electron chi connectivity index (χ2n) is 1.99. The van der Waals surface area contributed by atoms with Crippen LogP contribution in [-0.4, -0.2) is 25.9 Å². The van der Waals surface area contributed by atoms with E-state index >= 15 is 0 Å². The van der Waals surface area contributed by atoms with Crippen molar-refractivity contribution < 1.29 is 45.2 Å². The normalized spacial score (nSPS) is 11.5. The molecule has 0 aliphatic rings. The fourth-order valence-electron chi connectivity index (χ4n) is 0.547. The third kappa shape index (κ3) is 31.5. The van der Waals surface area contributed by atoms with E-state index in [1.165, 1.54) is 6.26 Å². The molecule has 0 fully saturated rings. The Hall–Kier alpha value is -0.0626. The Morgan fingerprint density at radius 3 is 2.13 bits per heavy atom. The van der Waals surface area contributed by atoms with Gasteiger partial charge in [-0.2, -0.15) is 0 Å². The summed E-state index contributed by atoms with van der Waals surface area (Å²) in [5.74, 6) is 0. The van der Waals surface area contributed by atoms with Gasteiger partial charge in [0.05, 0.1) is 6.26 Å². The molecule has 0 rings (SSSR count). The number of rotatable bonds is 5. The van der Waals surface area contributed by atoms with E-state index in [2.05, 4.69) is 6.58 Å². The molecule has 0 heterocycles. The first-order valence-electron chi connectivity index (χ1n) is 3.88. The van der Waals surface area contributed by atoms with Crippen molar-refractivity contribution in [3.63, 3.8) is 0 Å². The molecule has 1 unspecified atom stereocenters. The minimum Gasteiger partial charge on any atom is -0.722 e. The van der Waals surface area contributed by atoms with Gasteiger partial charge in [-0.25, -0.2) is 8.42 Å². The maximum Gasteiger partial charge on any atom is 1.00 e. The molecule has 0 amide bonds. The predicted octanol–water partition coefficient (Wildman–Crippen LogP) is -1.66. The summed E-state index contributed by atoms with van der Waals surface area (Å²) in [4.78, 5) is 0. The fourth-order valence-corrected chi connectivity index (χ4v) is 0.547. The standard InChI is InChI=1S/C7H14O2.FHO3S.Li/c1-4-7(8-5-2)9-6-3;1-5(2,3)4;/h5,7H,2,4,6H2,1,3H3;(H,2,3,4);/q;;+1/p-1. The molecule has 0 aromatic heterocycles. The summed E-state index contributed by atoms with van der Waals surface area (Å²) in [5, 5.41) is 0. The number of ether oxygens (including phenoxy) is 2. The quantitative estimate of drug-likeness (QED) is 0.188. The van der Waals surface area contributed by atoms with Crippen molar-refractivity contribution >= 4 is 10.5 Å². The molecule has 86 valence electrons. The predicted molar refractivity (Wildman–Crippen MR) is 47.8 cm³/mol. The Morgan fingerprint density at radius 2 is 1.93 bits per heavy atom. The van der Waals surface area contributed by atoms with E-state index < -0.39 is 10.5 Å². The largest absolute Gasteiger partial charge is 1.00 e. The Kier molecular flexibility index (Phi) is 16.3. The molecule has 0 aromatic rings. The molecule has 0 N–H and O–H groups in total. The van der Waals surface area contributed by atoms with E-state index in [4.69, 9.17) is 22.4 Å². The number of hydrogen-bond donors (Lipinski definition) is 0. The third-order valence-electron chi connectivity index (χ3n) is 0.934. The molecule has 0 saturated heterocycles. The molecule has 1 atom stereocenters. The van der Waals surface area contributed by atoms with E-state index in [0.717, 1.165) is 6.42 Å². The summed E-state index contributed by atoms with van der Waals surface area (Å²) in [6, 6.07) is 0. The van der Waals surface area contributed by atoms with E-state index in [0.29, 0.717) is 6.61 Å². The summed E-state index contributed by atoms with van der Waals surface area (Å²) < 4.78 is 45.4. The summed E-state index contributed by atoms with van der Waals surface area (Å²) in [7, 11) is -5.42. The smallest absolute Gasteiger partial charge is 0.722 e. The first-order chi connectivity index (χ1) is 6.35. The SMILES string of the molecule is C=COC(CC)OCC.O=S(=O)([O-])F.[Li+]. The van der Waals surface area contributed by atoms with E-state index in [1.54, 1.807) is 0 Å². The molecular formula is C7H14FLiO5S. The zero-order valence-corrected chi connectivity index (χ0v) is 9.92. The molecule has 0 saturated carbocycles. The van der Waals surface area contributed by atoms with Gasteiger partial charge in [-0.15, -0.1) is 3.89 Å². The summed E-state index contributed by atoms with van der Waals surface area (Å²) >= 11 is 0. The number of hydrogen-bond acceptors (Lipinski definition) is 5. The Bertz CT molecular complexity index is 224. The molecular weight excluding hydrogens is 222 g/mol. The minimum absolute atomic E-state index is 0. The molecule has 8 heteroatoms. The maximum atomic E-state index is 10.1. The van der Waals surface area contributed by atoms with Crippen LogP contribution in [-0.2, 0) is 20.0 Å². The van der Waals surface area contributed by atoms with Gasteiger partial charge in [0, 0.05) is 13.0 Å². The Labute approximate surface area is 102 Å². The first kappa shape index (κ1) is 20.4. The summed E-state index contributed by atoms with van der Waals surface area (Å²) in [5.41, 5.74) is 0. The van der Waals surface area contributed by atoms with E-state index in [-0.39, 0.29) is 25.2 Å². The minimum atomic E-state index is -5.42. The van der Waals surface area contributed by atoms with Gasteiger partial charge < -0.3 is 14.0 Å². The van der Waals surface area contributed by atoms with Crippen LogP contribution in [0.5, 0.6) is 0 Å². The van der Waals surface area contributed by atoms with Crippen LogP contribution in [0.4, 0.5) is 3.89 Å². The van der Waals surface area contributed by atoms with Gasteiger partial charge in [0.15, 0.2) is 6.29 Å². The van der Waals surface area contributed by atoms with Gasteiger partial charge in [-0.1, -0.05) is 13.5 Å². The van der Waals surface area contributed by atoms with Gasteiger partial charge in [0.1, 0.15) is 0 Å². The van der Waals surface area contributed by atoms with E-state index in [9.17, 15) is 3.89 Å². The van der Waals surface area contributed by atoms with Crippen LogP contribution in [0.3, 0.4) is 0 Å². The second kappa shape index (κ2) is 12.0. The van der Waals surface area contributed by atoms with Gasteiger partial charge in [0.2, 0.25) is 0 Å². The topological polar surface area (TPSA) is 75.7 Å². The van der Waals surface area contributed by atoms with Crippen LogP contribution in [0, 0.1) is 0 Å².